The van der Waals surface area contributed by atoms with E-state index < -0.39 is 17.7 Å². The molecule has 1 aromatic heterocycles. The standard InChI is InChI=1S/C24H29ClN2O4S/c1-5-26(6-2)11-12-27-20(23-15(4)10-13-32-23)19(22(29)24(27)30)21(28)16-8-9-17(25)18(14-16)31-7-3/h8-10,13-14,20,28H,5-7,11-12H2,1-4H3/b21-19-. The molecule has 0 spiro atoms. The molecule has 1 unspecified atom stereocenters. The van der Waals surface area contributed by atoms with Gasteiger partial charge in [-0.3, -0.25) is 9.59 Å². The number of amides is 1. The fraction of sp³-hybridized carbons (Fsp3) is 0.417. The monoisotopic (exact) mass is 476 g/mol. The summed E-state index contributed by atoms with van der Waals surface area (Å²) >= 11 is 7.67. The topological polar surface area (TPSA) is 70.1 Å². The number of rotatable bonds is 9. The van der Waals surface area contributed by atoms with Crippen LogP contribution in [0.1, 0.15) is 42.8 Å². The number of ether oxygens (including phenoxy) is 1. The van der Waals surface area contributed by atoms with Crippen LogP contribution in [0, 0.1) is 6.92 Å². The summed E-state index contributed by atoms with van der Waals surface area (Å²) in [5.74, 6) is -1.06. The van der Waals surface area contributed by atoms with Crippen molar-refractivity contribution in [3.8, 4) is 5.75 Å². The average molecular weight is 477 g/mol. The molecule has 2 aromatic rings. The maximum Gasteiger partial charge on any atom is 0.295 e. The Balaban J connectivity index is 2.10. The van der Waals surface area contributed by atoms with Crippen LogP contribution in [0.15, 0.2) is 35.2 Å². The SMILES string of the molecule is CCOc1cc(/C(O)=C2/C(=O)C(=O)N(CCN(CC)CC)C2c2sccc2C)ccc1Cl. The number of carbonyl (C=O) groups is 2. The number of nitrogens with zero attached hydrogens (tertiary/aromatic N) is 2. The number of thiophene rings is 1. The largest absolute Gasteiger partial charge is 0.507 e. The number of aryl methyl sites for hydroxylation is 1. The number of halogens is 1. The van der Waals surface area contributed by atoms with Crippen LogP contribution in [-0.2, 0) is 9.59 Å². The fourth-order valence-corrected chi connectivity index (χ4v) is 5.13. The lowest BCUT2D eigenvalue weighted by Gasteiger charge is -2.27. The van der Waals surface area contributed by atoms with Crippen molar-refractivity contribution in [2.24, 2.45) is 0 Å². The molecule has 1 amide bonds. The summed E-state index contributed by atoms with van der Waals surface area (Å²) < 4.78 is 5.54. The molecule has 0 aliphatic carbocycles. The van der Waals surface area contributed by atoms with Crippen LogP contribution in [0.5, 0.6) is 5.75 Å². The van der Waals surface area contributed by atoms with Crippen LogP contribution >= 0.6 is 22.9 Å². The highest BCUT2D eigenvalue weighted by Crippen LogP contribution is 2.43. The zero-order chi connectivity index (χ0) is 23.4. The summed E-state index contributed by atoms with van der Waals surface area (Å²) in [6.45, 7) is 11.1. The minimum absolute atomic E-state index is 0.102. The van der Waals surface area contributed by atoms with E-state index in [9.17, 15) is 14.7 Å². The Kier molecular flexibility index (Phi) is 7.98. The first-order chi connectivity index (χ1) is 15.3. The maximum absolute atomic E-state index is 13.1. The van der Waals surface area contributed by atoms with E-state index in [1.807, 2.05) is 25.3 Å². The van der Waals surface area contributed by atoms with E-state index in [2.05, 4.69) is 18.7 Å². The molecule has 1 fully saturated rings. The van der Waals surface area contributed by atoms with Crippen molar-refractivity contribution in [1.82, 2.24) is 9.80 Å². The molecule has 2 heterocycles. The number of hydrogen-bond acceptors (Lipinski definition) is 6. The van der Waals surface area contributed by atoms with Crippen molar-refractivity contribution in [2.45, 2.75) is 33.7 Å². The summed E-state index contributed by atoms with van der Waals surface area (Å²) in [4.78, 5) is 30.9. The van der Waals surface area contributed by atoms with Gasteiger partial charge in [0, 0.05) is 23.5 Å². The minimum Gasteiger partial charge on any atom is -0.507 e. The molecule has 1 aliphatic heterocycles. The minimum atomic E-state index is -0.673. The Labute approximate surface area is 198 Å². The van der Waals surface area contributed by atoms with E-state index in [-0.39, 0.29) is 11.3 Å². The number of ketones is 1. The third kappa shape index (κ3) is 4.70. The van der Waals surface area contributed by atoms with Gasteiger partial charge >= 0.3 is 0 Å². The van der Waals surface area contributed by atoms with Gasteiger partial charge in [0.25, 0.3) is 11.7 Å². The van der Waals surface area contributed by atoms with Gasteiger partial charge in [0.05, 0.1) is 23.2 Å². The lowest BCUT2D eigenvalue weighted by molar-refractivity contribution is -0.140. The molecule has 1 N–H and O–H groups in total. The molecule has 0 bridgehead atoms. The van der Waals surface area contributed by atoms with Crippen molar-refractivity contribution in [3.05, 3.63) is 56.2 Å². The van der Waals surface area contributed by atoms with E-state index in [0.717, 1.165) is 23.5 Å². The number of likely N-dealkylation sites (tertiary alicyclic amines) is 1. The predicted molar refractivity (Wildman–Crippen MR) is 128 cm³/mol. The van der Waals surface area contributed by atoms with Crippen molar-refractivity contribution < 1.29 is 19.4 Å². The number of benzene rings is 1. The zero-order valence-electron chi connectivity index (χ0n) is 18.9. The molecule has 1 atom stereocenters. The van der Waals surface area contributed by atoms with Gasteiger partial charge in [-0.05, 0) is 62.1 Å². The van der Waals surface area contributed by atoms with Crippen LogP contribution in [0.4, 0.5) is 0 Å². The van der Waals surface area contributed by atoms with Gasteiger partial charge < -0.3 is 19.6 Å². The van der Waals surface area contributed by atoms with E-state index in [1.54, 1.807) is 23.1 Å². The average Bonchev–Trinajstić information content (AvgIpc) is 3.31. The van der Waals surface area contributed by atoms with E-state index in [1.165, 1.54) is 11.3 Å². The number of aliphatic hydroxyl groups excluding tert-OH is 1. The first-order valence-electron chi connectivity index (χ1n) is 10.8. The molecule has 8 heteroatoms. The second-order valence-corrected chi connectivity index (χ2v) is 8.92. The normalized spacial score (nSPS) is 18.1. The maximum atomic E-state index is 13.1. The van der Waals surface area contributed by atoms with Crippen LogP contribution in [0.3, 0.4) is 0 Å². The number of carbonyl (C=O) groups excluding carboxylic acids is 2. The Morgan fingerprint density at radius 3 is 2.53 bits per heavy atom. The van der Waals surface area contributed by atoms with Gasteiger partial charge in [-0.15, -0.1) is 11.3 Å². The van der Waals surface area contributed by atoms with Crippen LogP contribution in [0.25, 0.3) is 5.76 Å². The smallest absolute Gasteiger partial charge is 0.295 e. The molecule has 6 nitrogen and oxygen atoms in total. The highest BCUT2D eigenvalue weighted by molar-refractivity contribution is 7.10. The van der Waals surface area contributed by atoms with Gasteiger partial charge in [-0.1, -0.05) is 25.4 Å². The number of Topliss-reactive ketones (excluding diaryl/α,β-unsaturated/α-hetero) is 1. The van der Waals surface area contributed by atoms with Crippen molar-refractivity contribution >= 4 is 40.4 Å². The molecule has 0 saturated carbocycles. The zero-order valence-corrected chi connectivity index (χ0v) is 20.4. The molecular weight excluding hydrogens is 448 g/mol. The summed E-state index contributed by atoms with van der Waals surface area (Å²) in [5.41, 5.74) is 1.47. The van der Waals surface area contributed by atoms with Gasteiger partial charge in [-0.2, -0.15) is 0 Å². The van der Waals surface area contributed by atoms with Crippen LogP contribution in [-0.4, -0.2) is 59.4 Å². The lowest BCUT2D eigenvalue weighted by atomic mass is 9.98. The van der Waals surface area contributed by atoms with Gasteiger partial charge in [-0.25, -0.2) is 0 Å². The van der Waals surface area contributed by atoms with Crippen molar-refractivity contribution in [2.75, 3.05) is 32.8 Å². The lowest BCUT2D eigenvalue weighted by Crippen LogP contribution is -2.37. The predicted octanol–water partition coefficient (Wildman–Crippen LogP) is 4.87. The second kappa shape index (κ2) is 10.5. The fourth-order valence-electron chi connectivity index (χ4n) is 3.91. The number of aliphatic hydroxyl groups is 1. The molecule has 0 radical (unpaired) electrons. The third-order valence-corrected chi connectivity index (χ3v) is 7.13. The molecule has 1 saturated heterocycles. The summed E-state index contributed by atoms with van der Waals surface area (Å²) in [7, 11) is 0. The van der Waals surface area contributed by atoms with Gasteiger partial charge in [0.15, 0.2) is 0 Å². The Bertz CT molecular complexity index is 1030. The third-order valence-electron chi connectivity index (χ3n) is 5.75. The summed E-state index contributed by atoms with van der Waals surface area (Å²) in [6.07, 6.45) is 0. The van der Waals surface area contributed by atoms with Crippen LogP contribution in [0.2, 0.25) is 5.02 Å². The van der Waals surface area contributed by atoms with Gasteiger partial charge in [0.1, 0.15) is 11.5 Å². The molecule has 1 aromatic carbocycles. The highest BCUT2D eigenvalue weighted by Gasteiger charge is 2.47. The highest BCUT2D eigenvalue weighted by atomic mass is 35.5. The summed E-state index contributed by atoms with van der Waals surface area (Å²) in [6, 6.07) is 6.17. The number of hydrogen-bond donors (Lipinski definition) is 1. The van der Waals surface area contributed by atoms with Crippen molar-refractivity contribution in [1.29, 1.82) is 0 Å². The molecule has 1 aliphatic rings. The van der Waals surface area contributed by atoms with Crippen LogP contribution < -0.4 is 4.74 Å². The van der Waals surface area contributed by atoms with Crippen molar-refractivity contribution in [3.63, 3.8) is 0 Å². The van der Waals surface area contributed by atoms with E-state index in [0.29, 0.717) is 36.0 Å². The second-order valence-electron chi connectivity index (χ2n) is 7.57. The van der Waals surface area contributed by atoms with E-state index in [4.69, 9.17) is 16.3 Å². The quantitative estimate of drug-likeness (QED) is 0.317. The first kappa shape index (κ1) is 24.3. The molecular formula is C24H29ClN2O4S. The molecule has 32 heavy (non-hydrogen) atoms. The summed E-state index contributed by atoms with van der Waals surface area (Å²) in [5, 5.41) is 13.6. The molecule has 3 rings (SSSR count). The Morgan fingerprint density at radius 1 is 1.22 bits per heavy atom. The number of likely N-dealkylation sites (N-methyl/N-ethyl adjacent to an activating group) is 1. The first-order valence-corrected chi connectivity index (χ1v) is 12.1. The molecule has 172 valence electrons. The Hall–Kier alpha value is -2.35. The van der Waals surface area contributed by atoms with Gasteiger partial charge in [0.2, 0.25) is 0 Å². The van der Waals surface area contributed by atoms with E-state index >= 15 is 0 Å². The Morgan fingerprint density at radius 2 is 1.94 bits per heavy atom.